The van der Waals surface area contributed by atoms with Crippen LogP contribution in [0.2, 0.25) is 0 Å². The van der Waals surface area contributed by atoms with Crippen LogP contribution in [0.25, 0.3) is 0 Å². The number of hydrogen-bond donors (Lipinski definition) is 2. The summed E-state index contributed by atoms with van der Waals surface area (Å²) in [5.41, 5.74) is 2.95. The quantitative estimate of drug-likeness (QED) is 0.620. The van der Waals surface area contributed by atoms with Gasteiger partial charge in [-0.2, -0.15) is 0 Å². The van der Waals surface area contributed by atoms with Crippen LogP contribution in [0.15, 0.2) is 52.1 Å². The van der Waals surface area contributed by atoms with Crippen molar-refractivity contribution in [1.29, 1.82) is 0 Å². The fourth-order valence-electron chi connectivity index (χ4n) is 4.12. The summed E-state index contributed by atoms with van der Waals surface area (Å²) in [7, 11) is 1.84. The van der Waals surface area contributed by atoms with Gasteiger partial charge in [-0.05, 0) is 55.6 Å². The minimum absolute atomic E-state index is 0.260. The molecule has 26 heavy (non-hydrogen) atoms. The molecule has 2 atom stereocenters. The molecule has 1 fully saturated rings. The molecule has 2 unspecified atom stereocenters. The van der Waals surface area contributed by atoms with Gasteiger partial charge >= 0.3 is 0 Å². The van der Waals surface area contributed by atoms with Crippen LogP contribution < -0.4 is 10.6 Å². The van der Waals surface area contributed by atoms with Crippen molar-refractivity contribution in [2.75, 3.05) is 33.2 Å². The van der Waals surface area contributed by atoms with Gasteiger partial charge in [-0.25, -0.2) is 0 Å². The zero-order valence-electron chi connectivity index (χ0n) is 15.4. The van der Waals surface area contributed by atoms with E-state index in [-0.39, 0.29) is 6.04 Å². The van der Waals surface area contributed by atoms with Crippen LogP contribution in [-0.4, -0.2) is 44.1 Å². The highest BCUT2D eigenvalue weighted by Gasteiger charge is 2.27. The third-order valence-corrected chi connectivity index (χ3v) is 5.62. The first-order valence-electron chi connectivity index (χ1n) is 9.65. The molecule has 0 bridgehead atoms. The van der Waals surface area contributed by atoms with Gasteiger partial charge in [0.05, 0.1) is 12.3 Å². The van der Waals surface area contributed by atoms with Crippen molar-refractivity contribution in [3.63, 3.8) is 0 Å². The van der Waals surface area contributed by atoms with Crippen LogP contribution >= 0.6 is 0 Å². The van der Waals surface area contributed by atoms with Gasteiger partial charge in [-0.1, -0.05) is 24.3 Å². The van der Waals surface area contributed by atoms with E-state index in [1.54, 1.807) is 6.26 Å². The van der Waals surface area contributed by atoms with E-state index in [0.29, 0.717) is 5.92 Å². The van der Waals surface area contributed by atoms with Crippen molar-refractivity contribution < 1.29 is 4.42 Å². The number of benzene rings is 1. The number of nitrogens with zero attached hydrogens (tertiary/aromatic N) is 2. The van der Waals surface area contributed by atoms with Crippen molar-refractivity contribution in [3.05, 3.63) is 59.5 Å². The maximum atomic E-state index is 5.70. The number of aliphatic imine (C=N–C) groups is 1. The van der Waals surface area contributed by atoms with E-state index in [2.05, 4.69) is 50.9 Å². The molecule has 1 saturated heterocycles. The first-order chi connectivity index (χ1) is 12.8. The van der Waals surface area contributed by atoms with Gasteiger partial charge in [0.15, 0.2) is 5.96 Å². The highest BCUT2D eigenvalue weighted by atomic mass is 16.3. The third-order valence-electron chi connectivity index (χ3n) is 5.62. The van der Waals surface area contributed by atoms with Gasteiger partial charge in [0.25, 0.3) is 0 Å². The molecule has 2 aromatic rings. The number of likely N-dealkylation sites (tertiary alicyclic amines) is 1. The Morgan fingerprint density at radius 3 is 2.77 bits per heavy atom. The predicted molar refractivity (Wildman–Crippen MR) is 105 cm³/mol. The molecule has 2 heterocycles. The summed E-state index contributed by atoms with van der Waals surface area (Å²) in [5, 5.41) is 6.99. The zero-order valence-corrected chi connectivity index (χ0v) is 15.4. The first kappa shape index (κ1) is 17.2. The normalized spacial score (nSPS) is 21.1. The molecule has 0 spiro atoms. The van der Waals surface area contributed by atoms with Crippen LogP contribution in [0.1, 0.15) is 41.7 Å². The molecule has 5 heteroatoms. The van der Waals surface area contributed by atoms with Gasteiger partial charge in [0.1, 0.15) is 5.76 Å². The Morgan fingerprint density at radius 1 is 1.19 bits per heavy atom. The van der Waals surface area contributed by atoms with E-state index in [1.165, 1.54) is 24.0 Å². The van der Waals surface area contributed by atoms with Gasteiger partial charge < -0.3 is 15.1 Å². The first-order valence-corrected chi connectivity index (χ1v) is 9.65. The van der Waals surface area contributed by atoms with E-state index in [9.17, 15) is 0 Å². The molecule has 0 saturated carbocycles. The number of hydrogen-bond acceptors (Lipinski definition) is 3. The van der Waals surface area contributed by atoms with Crippen molar-refractivity contribution in [2.45, 2.75) is 31.2 Å². The highest BCUT2D eigenvalue weighted by molar-refractivity contribution is 5.79. The molecule has 0 radical (unpaired) electrons. The van der Waals surface area contributed by atoms with E-state index in [4.69, 9.17) is 4.42 Å². The Morgan fingerprint density at radius 2 is 2.04 bits per heavy atom. The molecule has 1 aromatic carbocycles. The molecule has 1 aromatic heterocycles. The molecular formula is C21H28N4O. The zero-order chi connectivity index (χ0) is 17.8. The second-order valence-corrected chi connectivity index (χ2v) is 7.21. The molecule has 4 rings (SSSR count). The van der Waals surface area contributed by atoms with Crippen molar-refractivity contribution in [3.8, 4) is 0 Å². The van der Waals surface area contributed by atoms with Crippen LogP contribution in [0, 0.1) is 0 Å². The van der Waals surface area contributed by atoms with E-state index >= 15 is 0 Å². The molecule has 0 amide bonds. The van der Waals surface area contributed by atoms with Crippen LogP contribution in [-0.2, 0) is 6.42 Å². The summed E-state index contributed by atoms with van der Waals surface area (Å²) in [6.45, 7) is 4.00. The summed E-state index contributed by atoms with van der Waals surface area (Å²) >= 11 is 0. The lowest BCUT2D eigenvalue weighted by Gasteiger charge is -2.31. The van der Waals surface area contributed by atoms with Crippen LogP contribution in [0.5, 0.6) is 0 Å². The Bertz CT molecular complexity index is 734. The van der Waals surface area contributed by atoms with E-state index < -0.39 is 0 Å². The van der Waals surface area contributed by atoms with Gasteiger partial charge in [0, 0.05) is 26.1 Å². The largest absolute Gasteiger partial charge is 0.468 e. The van der Waals surface area contributed by atoms with Crippen LogP contribution in [0.4, 0.5) is 0 Å². The minimum atomic E-state index is 0.260. The lowest BCUT2D eigenvalue weighted by molar-refractivity contribution is 0.215. The standard InChI is InChI=1S/C21H28N4O/c1-22-21(23-14-17-13-16-7-2-3-8-18(16)17)24-15-19(20-9-6-12-26-20)25-10-4-5-11-25/h2-3,6-9,12,17,19H,4-5,10-11,13-15H2,1H3,(H2,22,23,24). The Labute approximate surface area is 155 Å². The Balaban J connectivity index is 1.31. The Kier molecular flexibility index (Phi) is 5.25. The predicted octanol–water partition coefficient (Wildman–Crippen LogP) is 2.92. The van der Waals surface area contributed by atoms with Crippen LogP contribution in [0.3, 0.4) is 0 Å². The molecule has 2 N–H and O–H groups in total. The third kappa shape index (κ3) is 3.63. The van der Waals surface area contributed by atoms with Crippen molar-refractivity contribution >= 4 is 5.96 Å². The number of furan rings is 1. The number of rotatable bonds is 6. The summed E-state index contributed by atoms with van der Waals surface area (Å²) in [6.07, 6.45) is 5.46. The SMILES string of the molecule is CN=C(NCC1Cc2ccccc21)NCC(c1ccco1)N1CCCC1. The monoisotopic (exact) mass is 352 g/mol. The lowest BCUT2D eigenvalue weighted by atomic mass is 9.78. The second-order valence-electron chi connectivity index (χ2n) is 7.21. The van der Waals surface area contributed by atoms with E-state index in [0.717, 1.165) is 44.3 Å². The smallest absolute Gasteiger partial charge is 0.191 e. The van der Waals surface area contributed by atoms with Crippen molar-refractivity contribution in [2.24, 2.45) is 4.99 Å². The molecule has 1 aliphatic heterocycles. The molecule has 138 valence electrons. The highest BCUT2D eigenvalue weighted by Crippen LogP contribution is 2.34. The number of fused-ring (bicyclic) bond motifs is 1. The summed E-state index contributed by atoms with van der Waals surface area (Å²) in [5.74, 6) is 2.48. The number of guanidine groups is 1. The second kappa shape index (κ2) is 7.96. The lowest BCUT2D eigenvalue weighted by Crippen LogP contribution is -2.44. The average Bonchev–Trinajstić information content (AvgIpc) is 3.35. The average molecular weight is 352 g/mol. The summed E-state index contributed by atoms with van der Waals surface area (Å²) in [4.78, 5) is 6.90. The summed E-state index contributed by atoms with van der Waals surface area (Å²) < 4.78 is 5.70. The molecule has 1 aliphatic carbocycles. The minimum Gasteiger partial charge on any atom is -0.468 e. The van der Waals surface area contributed by atoms with Crippen molar-refractivity contribution in [1.82, 2.24) is 15.5 Å². The molecule has 2 aliphatic rings. The fraction of sp³-hybridized carbons (Fsp3) is 0.476. The van der Waals surface area contributed by atoms with Gasteiger partial charge in [-0.3, -0.25) is 9.89 Å². The topological polar surface area (TPSA) is 52.8 Å². The maximum absolute atomic E-state index is 5.70. The van der Waals surface area contributed by atoms with Gasteiger partial charge in [0.2, 0.25) is 0 Å². The number of nitrogens with one attached hydrogen (secondary N) is 2. The summed E-state index contributed by atoms with van der Waals surface area (Å²) in [6, 6.07) is 13.0. The fourth-order valence-corrected chi connectivity index (χ4v) is 4.12. The van der Waals surface area contributed by atoms with Gasteiger partial charge in [-0.15, -0.1) is 0 Å². The molecule has 5 nitrogen and oxygen atoms in total. The van der Waals surface area contributed by atoms with E-state index in [1.807, 2.05) is 13.1 Å². The molecular weight excluding hydrogens is 324 g/mol. The Hall–Kier alpha value is -2.27. The maximum Gasteiger partial charge on any atom is 0.191 e.